The van der Waals surface area contributed by atoms with Gasteiger partial charge < -0.3 is 19.5 Å². The molecule has 2 aromatic rings. The topological polar surface area (TPSA) is 117 Å². The molecule has 9 heteroatoms. The number of anilines is 1. The van der Waals surface area contributed by atoms with Gasteiger partial charge in [0.25, 0.3) is 11.6 Å². The van der Waals surface area contributed by atoms with Gasteiger partial charge in [-0.25, -0.2) is 4.79 Å². The number of nitrogens with zero attached hydrogens (tertiary/aromatic N) is 1. The first-order valence-electron chi connectivity index (χ1n) is 9.12. The molecule has 0 saturated heterocycles. The summed E-state index contributed by atoms with van der Waals surface area (Å²) in [7, 11) is 1.32. The Morgan fingerprint density at radius 3 is 2.40 bits per heavy atom. The van der Waals surface area contributed by atoms with E-state index >= 15 is 0 Å². The van der Waals surface area contributed by atoms with E-state index in [4.69, 9.17) is 14.2 Å². The molecule has 0 unspecified atom stereocenters. The van der Waals surface area contributed by atoms with Crippen molar-refractivity contribution in [3.05, 3.63) is 58.1 Å². The first kappa shape index (κ1) is 22.7. The summed E-state index contributed by atoms with van der Waals surface area (Å²) in [5, 5.41) is 13.3. The number of carbonyl (C=O) groups is 2. The predicted molar refractivity (Wildman–Crippen MR) is 110 cm³/mol. The van der Waals surface area contributed by atoms with Crippen LogP contribution in [0.5, 0.6) is 11.5 Å². The molecule has 0 heterocycles. The summed E-state index contributed by atoms with van der Waals surface area (Å²) in [6, 6.07) is 11.1. The van der Waals surface area contributed by atoms with Gasteiger partial charge in [-0.3, -0.25) is 14.9 Å². The lowest BCUT2D eigenvalue weighted by Crippen LogP contribution is -2.24. The van der Waals surface area contributed by atoms with Crippen LogP contribution >= 0.6 is 0 Å². The fourth-order valence-corrected chi connectivity index (χ4v) is 2.62. The van der Waals surface area contributed by atoms with Gasteiger partial charge in [0, 0.05) is 6.07 Å². The number of esters is 1. The Kier molecular flexibility index (Phi) is 7.35. The van der Waals surface area contributed by atoms with Crippen LogP contribution in [-0.2, 0) is 19.7 Å². The molecule has 2 rings (SSSR count). The van der Waals surface area contributed by atoms with E-state index in [1.54, 1.807) is 12.1 Å². The van der Waals surface area contributed by atoms with Crippen LogP contribution in [0.25, 0.3) is 0 Å². The first-order valence-corrected chi connectivity index (χ1v) is 9.12. The van der Waals surface area contributed by atoms with Gasteiger partial charge in [-0.15, -0.1) is 0 Å². The number of ether oxygens (including phenoxy) is 3. The van der Waals surface area contributed by atoms with Crippen LogP contribution < -0.4 is 14.8 Å². The molecule has 0 spiro atoms. The molecule has 0 aliphatic rings. The maximum atomic E-state index is 12.0. The van der Waals surface area contributed by atoms with E-state index in [1.165, 1.54) is 25.3 Å². The molecule has 0 atom stereocenters. The quantitative estimate of drug-likeness (QED) is 0.398. The molecule has 9 nitrogen and oxygen atoms in total. The second-order valence-electron chi connectivity index (χ2n) is 7.39. The van der Waals surface area contributed by atoms with Gasteiger partial charge in [-0.1, -0.05) is 39.0 Å². The Balaban J connectivity index is 1.89. The molecule has 0 radical (unpaired) electrons. The lowest BCUT2D eigenvalue weighted by molar-refractivity contribution is -0.384. The second kappa shape index (κ2) is 9.73. The molecular weight excluding hydrogens is 392 g/mol. The van der Waals surface area contributed by atoms with Crippen molar-refractivity contribution in [1.82, 2.24) is 0 Å². The van der Waals surface area contributed by atoms with Crippen LogP contribution in [0.2, 0.25) is 0 Å². The number of nitrogens with one attached hydrogen (secondary N) is 1. The number of benzene rings is 2. The van der Waals surface area contributed by atoms with Crippen LogP contribution in [-0.4, -0.2) is 37.1 Å². The Morgan fingerprint density at radius 1 is 1.07 bits per heavy atom. The minimum absolute atomic E-state index is 0.117. The number of nitro benzene ring substituents is 1. The van der Waals surface area contributed by atoms with Gasteiger partial charge in [0.2, 0.25) is 0 Å². The largest absolute Gasteiger partial charge is 0.494 e. The Hall–Kier alpha value is -3.62. The van der Waals surface area contributed by atoms with Crippen LogP contribution in [0.3, 0.4) is 0 Å². The van der Waals surface area contributed by atoms with Crippen molar-refractivity contribution in [3.63, 3.8) is 0 Å². The monoisotopic (exact) mass is 416 g/mol. The van der Waals surface area contributed by atoms with E-state index < -0.39 is 23.4 Å². The van der Waals surface area contributed by atoms with Crippen molar-refractivity contribution >= 4 is 23.3 Å². The second-order valence-corrected chi connectivity index (χ2v) is 7.39. The highest BCUT2D eigenvalue weighted by Gasteiger charge is 2.19. The summed E-state index contributed by atoms with van der Waals surface area (Å²) in [5.74, 6) is -0.636. The number of rotatable bonds is 8. The van der Waals surface area contributed by atoms with Crippen molar-refractivity contribution in [2.75, 3.05) is 25.6 Å². The first-order chi connectivity index (χ1) is 14.1. The standard InChI is InChI=1S/C21H24N2O7/c1-21(2,3)15-7-5-6-8-17(15)29-13-20(25)30-12-19(24)22-16-10-9-14(23(26)27)11-18(16)28-4/h5-11H,12-13H2,1-4H3,(H,22,24). The number of nitro groups is 1. The number of hydrogen-bond donors (Lipinski definition) is 1. The van der Waals surface area contributed by atoms with Gasteiger partial charge in [0.15, 0.2) is 13.2 Å². The fraction of sp³-hybridized carbons (Fsp3) is 0.333. The Morgan fingerprint density at radius 2 is 1.77 bits per heavy atom. The third kappa shape index (κ3) is 6.20. The fourth-order valence-electron chi connectivity index (χ4n) is 2.62. The highest BCUT2D eigenvalue weighted by atomic mass is 16.6. The molecule has 1 N–H and O–H groups in total. The third-order valence-electron chi connectivity index (χ3n) is 4.07. The van der Waals surface area contributed by atoms with Crippen LogP contribution in [0.1, 0.15) is 26.3 Å². The molecule has 2 aromatic carbocycles. The van der Waals surface area contributed by atoms with Crippen molar-refractivity contribution in [1.29, 1.82) is 0 Å². The summed E-state index contributed by atoms with van der Waals surface area (Å²) in [6.07, 6.45) is 0. The summed E-state index contributed by atoms with van der Waals surface area (Å²) in [6.45, 7) is 5.21. The number of carbonyl (C=O) groups excluding carboxylic acids is 2. The zero-order valence-electron chi connectivity index (χ0n) is 17.3. The summed E-state index contributed by atoms with van der Waals surface area (Å²) in [4.78, 5) is 34.2. The maximum absolute atomic E-state index is 12.0. The third-order valence-corrected chi connectivity index (χ3v) is 4.07. The summed E-state index contributed by atoms with van der Waals surface area (Å²) < 4.78 is 15.5. The number of hydrogen-bond acceptors (Lipinski definition) is 7. The van der Waals surface area contributed by atoms with Gasteiger partial charge in [-0.2, -0.15) is 0 Å². The Labute approximate surface area is 174 Å². The molecular formula is C21H24N2O7. The molecule has 0 aliphatic carbocycles. The van der Waals surface area contributed by atoms with Crippen molar-refractivity contribution in [2.45, 2.75) is 26.2 Å². The van der Waals surface area contributed by atoms with E-state index in [0.717, 1.165) is 5.56 Å². The zero-order valence-corrected chi connectivity index (χ0v) is 17.3. The highest BCUT2D eigenvalue weighted by Crippen LogP contribution is 2.31. The SMILES string of the molecule is COc1cc([N+](=O)[O-])ccc1NC(=O)COC(=O)COc1ccccc1C(C)(C)C. The van der Waals surface area contributed by atoms with Crippen molar-refractivity contribution in [2.24, 2.45) is 0 Å². The van der Waals surface area contributed by atoms with E-state index in [-0.39, 0.29) is 29.1 Å². The molecule has 1 amide bonds. The molecule has 30 heavy (non-hydrogen) atoms. The van der Waals surface area contributed by atoms with E-state index in [2.05, 4.69) is 5.32 Å². The maximum Gasteiger partial charge on any atom is 0.344 e. The van der Waals surface area contributed by atoms with E-state index in [0.29, 0.717) is 5.75 Å². The van der Waals surface area contributed by atoms with Gasteiger partial charge in [0.05, 0.1) is 23.8 Å². The molecule has 0 fully saturated rings. The number of methoxy groups -OCH3 is 1. The molecule has 0 aliphatic heterocycles. The van der Waals surface area contributed by atoms with Gasteiger partial charge in [-0.05, 0) is 23.1 Å². The number of non-ortho nitro benzene ring substituents is 1. The molecule has 0 bridgehead atoms. The number of para-hydroxylation sites is 1. The van der Waals surface area contributed by atoms with Crippen LogP contribution in [0.15, 0.2) is 42.5 Å². The van der Waals surface area contributed by atoms with Crippen LogP contribution in [0.4, 0.5) is 11.4 Å². The molecule has 0 saturated carbocycles. The lowest BCUT2D eigenvalue weighted by atomic mass is 9.86. The molecule has 0 aromatic heterocycles. The van der Waals surface area contributed by atoms with Gasteiger partial charge in [0.1, 0.15) is 11.5 Å². The normalized spacial score (nSPS) is 10.8. The highest BCUT2D eigenvalue weighted by molar-refractivity contribution is 5.94. The smallest absolute Gasteiger partial charge is 0.344 e. The average Bonchev–Trinajstić information content (AvgIpc) is 2.70. The van der Waals surface area contributed by atoms with Gasteiger partial charge >= 0.3 is 5.97 Å². The number of amides is 1. The predicted octanol–water partition coefficient (Wildman–Crippen LogP) is 3.46. The van der Waals surface area contributed by atoms with E-state index in [1.807, 2.05) is 32.9 Å². The summed E-state index contributed by atoms with van der Waals surface area (Å²) in [5.41, 5.74) is 0.828. The van der Waals surface area contributed by atoms with Crippen LogP contribution in [0, 0.1) is 10.1 Å². The zero-order chi connectivity index (χ0) is 22.3. The van der Waals surface area contributed by atoms with E-state index in [9.17, 15) is 19.7 Å². The Bertz CT molecular complexity index is 935. The minimum atomic E-state index is -0.704. The minimum Gasteiger partial charge on any atom is -0.494 e. The average molecular weight is 416 g/mol. The van der Waals surface area contributed by atoms with Crippen molar-refractivity contribution < 1.29 is 28.7 Å². The lowest BCUT2D eigenvalue weighted by Gasteiger charge is -2.22. The molecule has 160 valence electrons. The summed E-state index contributed by atoms with van der Waals surface area (Å²) >= 11 is 0. The van der Waals surface area contributed by atoms with Crippen molar-refractivity contribution in [3.8, 4) is 11.5 Å².